The van der Waals surface area contributed by atoms with Gasteiger partial charge in [0.2, 0.25) is 0 Å². The van der Waals surface area contributed by atoms with Crippen LogP contribution in [0.3, 0.4) is 0 Å². The third-order valence-corrected chi connectivity index (χ3v) is 1.83. The summed E-state index contributed by atoms with van der Waals surface area (Å²) in [4.78, 5) is 4.24. The first-order valence-electron chi connectivity index (χ1n) is 3.74. The van der Waals surface area contributed by atoms with Gasteiger partial charge in [0, 0.05) is 6.04 Å². The Morgan fingerprint density at radius 2 is 2.20 bits per heavy atom. The second kappa shape index (κ2) is 3.01. The van der Waals surface area contributed by atoms with Crippen molar-refractivity contribution >= 4 is 5.84 Å². The average molecular weight is 141 g/mol. The molecule has 0 aliphatic heterocycles. The van der Waals surface area contributed by atoms with Gasteiger partial charge in [-0.15, -0.1) is 0 Å². The van der Waals surface area contributed by atoms with Crippen LogP contribution >= 0.6 is 0 Å². The lowest BCUT2D eigenvalue weighted by molar-refractivity contribution is 0.667. The SMILES string of the molecule is CC(N)=N[C@H]1CC[C@H](N)C1. The van der Waals surface area contributed by atoms with E-state index in [1.54, 1.807) is 0 Å². The molecule has 0 aromatic rings. The van der Waals surface area contributed by atoms with Crippen molar-refractivity contribution in [2.45, 2.75) is 38.3 Å². The molecule has 1 saturated carbocycles. The lowest BCUT2D eigenvalue weighted by atomic mass is 10.2. The van der Waals surface area contributed by atoms with Gasteiger partial charge in [-0.3, -0.25) is 4.99 Å². The van der Waals surface area contributed by atoms with Gasteiger partial charge in [-0.1, -0.05) is 0 Å². The van der Waals surface area contributed by atoms with Crippen LogP contribution in [0.4, 0.5) is 0 Å². The summed E-state index contributed by atoms with van der Waals surface area (Å²) in [5.74, 6) is 0.680. The molecule has 58 valence electrons. The molecule has 0 heterocycles. The zero-order valence-electron chi connectivity index (χ0n) is 6.38. The van der Waals surface area contributed by atoms with E-state index >= 15 is 0 Å². The summed E-state index contributed by atoms with van der Waals surface area (Å²) < 4.78 is 0. The Morgan fingerprint density at radius 3 is 2.60 bits per heavy atom. The van der Waals surface area contributed by atoms with E-state index in [9.17, 15) is 0 Å². The van der Waals surface area contributed by atoms with E-state index in [-0.39, 0.29) is 0 Å². The summed E-state index contributed by atoms with van der Waals surface area (Å²) in [7, 11) is 0. The Hall–Kier alpha value is -0.570. The van der Waals surface area contributed by atoms with Crippen LogP contribution in [0.1, 0.15) is 26.2 Å². The monoisotopic (exact) mass is 141 g/mol. The quantitative estimate of drug-likeness (QED) is 0.406. The first kappa shape index (κ1) is 7.54. The second-order valence-electron chi connectivity index (χ2n) is 3.00. The Kier molecular flexibility index (Phi) is 2.27. The van der Waals surface area contributed by atoms with Crippen LogP contribution < -0.4 is 11.5 Å². The molecule has 0 saturated heterocycles. The van der Waals surface area contributed by atoms with Crippen molar-refractivity contribution in [3.05, 3.63) is 0 Å². The molecule has 1 fully saturated rings. The van der Waals surface area contributed by atoms with Crippen LogP contribution in [0.25, 0.3) is 0 Å². The summed E-state index contributed by atoms with van der Waals surface area (Å²) >= 11 is 0. The zero-order valence-corrected chi connectivity index (χ0v) is 6.38. The molecule has 0 aromatic heterocycles. The van der Waals surface area contributed by atoms with Gasteiger partial charge in [0.1, 0.15) is 0 Å². The van der Waals surface area contributed by atoms with Crippen LogP contribution in [0, 0.1) is 0 Å². The van der Waals surface area contributed by atoms with Crippen LogP contribution in [0.5, 0.6) is 0 Å². The van der Waals surface area contributed by atoms with Crippen LogP contribution in [0.15, 0.2) is 4.99 Å². The summed E-state index contributed by atoms with van der Waals surface area (Å²) in [6.07, 6.45) is 3.21. The Morgan fingerprint density at radius 1 is 1.50 bits per heavy atom. The molecule has 10 heavy (non-hydrogen) atoms. The van der Waals surface area contributed by atoms with Crippen molar-refractivity contribution in [3.63, 3.8) is 0 Å². The van der Waals surface area contributed by atoms with Gasteiger partial charge in [-0.05, 0) is 26.2 Å². The molecular formula is C7H15N3. The molecule has 4 N–H and O–H groups in total. The van der Waals surface area contributed by atoms with Crippen molar-refractivity contribution in [2.24, 2.45) is 16.5 Å². The van der Waals surface area contributed by atoms with Crippen molar-refractivity contribution in [3.8, 4) is 0 Å². The number of nitrogens with zero attached hydrogens (tertiary/aromatic N) is 1. The normalized spacial score (nSPS) is 34.8. The van der Waals surface area contributed by atoms with Crippen LogP contribution in [-0.4, -0.2) is 17.9 Å². The largest absolute Gasteiger partial charge is 0.388 e. The summed E-state index contributed by atoms with van der Waals surface area (Å²) in [5, 5.41) is 0. The molecular weight excluding hydrogens is 126 g/mol. The highest BCUT2D eigenvalue weighted by atomic mass is 14.9. The van der Waals surface area contributed by atoms with Crippen LogP contribution in [0.2, 0.25) is 0 Å². The van der Waals surface area contributed by atoms with Crippen molar-refractivity contribution in [2.75, 3.05) is 0 Å². The molecule has 0 amide bonds. The fraction of sp³-hybridized carbons (Fsp3) is 0.857. The Balaban J connectivity index is 2.38. The highest BCUT2D eigenvalue weighted by Gasteiger charge is 2.20. The minimum atomic E-state index is 0.355. The third kappa shape index (κ3) is 1.99. The third-order valence-electron chi connectivity index (χ3n) is 1.83. The summed E-state index contributed by atoms with van der Waals surface area (Å²) in [6, 6.07) is 0.757. The van der Waals surface area contributed by atoms with E-state index in [4.69, 9.17) is 11.5 Å². The molecule has 0 aromatic carbocycles. The topological polar surface area (TPSA) is 64.4 Å². The van der Waals surface area contributed by atoms with Crippen molar-refractivity contribution in [1.82, 2.24) is 0 Å². The van der Waals surface area contributed by atoms with E-state index in [2.05, 4.69) is 4.99 Å². The molecule has 2 atom stereocenters. The minimum Gasteiger partial charge on any atom is -0.388 e. The molecule has 3 heteroatoms. The van der Waals surface area contributed by atoms with Gasteiger partial charge < -0.3 is 11.5 Å². The Labute approximate surface area is 61.5 Å². The molecule has 3 nitrogen and oxygen atoms in total. The molecule has 0 spiro atoms. The molecule has 0 radical (unpaired) electrons. The second-order valence-corrected chi connectivity index (χ2v) is 3.00. The van der Waals surface area contributed by atoms with Crippen LogP contribution in [-0.2, 0) is 0 Å². The maximum absolute atomic E-state index is 5.69. The molecule has 0 bridgehead atoms. The number of hydrogen-bond donors (Lipinski definition) is 2. The maximum atomic E-state index is 5.69. The fourth-order valence-electron chi connectivity index (χ4n) is 1.40. The number of nitrogens with two attached hydrogens (primary N) is 2. The number of rotatable bonds is 1. The summed E-state index contributed by atoms with van der Waals surface area (Å²) in [6.45, 7) is 1.82. The first-order valence-corrected chi connectivity index (χ1v) is 3.74. The van der Waals surface area contributed by atoms with Gasteiger partial charge in [0.15, 0.2) is 0 Å². The van der Waals surface area contributed by atoms with Gasteiger partial charge in [-0.2, -0.15) is 0 Å². The lowest BCUT2D eigenvalue weighted by Gasteiger charge is -2.02. The van der Waals surface area contributed by atoms with Gasteiger partial charge >= 0.3 is 0 Å². The van der Waals surface area contributed by atoms with Gasteiger partial charge in [0.05, 0.1) is 11.9 Å². The van der Waals surface area contributed by atoms with E-state index in [1.807, 2.05) is 6.92 Å². The van der Waals surface area contributed by atoms with E-state index < -0.39 is 0 Å². The molecule has 0 unspecified atom stereocenters. The zero-order chi connectivity index (χ0) is 7.56. The highest BCUT2D eigenvalue weighted by Crippen LogP contribution is 2.19. The number of aliphatic imine (C=N–C) groups is 1. The Bertz CT molecular complexity index is 138. The predicted molar refractivity (Wildman–Crippen MR) is 42.9 cm³/mol. The van der Waals surface area contributed by atoms with Gasteiger partial charge in [-0.25, -0.2) is 0 Å². The fourth-order valence-corrected chi connectivity index (χ4v) is 1.40. The average Bonchev–Trinajstić information content (AvgIpc) is 2.13. The van der Waals surface area contributed by atoms with E-state index in [1.165, 1.54) is 0 Å². The number of amidine groups is 1. The highest BCUT2D eigenvalue weighted by molar-refractivity contribution is 5.77. The lowest BCUT2D eigenvalue weighted by Crippen LogP contribution is -2.17. The van der Waals surface area contributed by atoms with Gasteiger partial charge in [0.25, 0.3) is 0 Å². The molecule has 1 aliphatic rings. The maximum Gasteiger partial charge on any atom is 0.0909 e. The van der Waals surface area contributed by atoms with Crippen molar-refractivity contribution in [1.29, 1.82) is 0 Å². The molecule has 1 aliphatic carbocycles. The molecule has 1 rings (SSSR count). The first-order chi connectivity index (χ1) is 4.68. The summed E-state index contributed by atoms with van der Waals surface area (Å²) in [5.41, 5.74) is 11.1. The standard InChI is InChI=1S/C7H15N3/c1-5(8)10-7-3-2-6(9)4-7/h6-7H,2-4,9H2,1H3,(H2,8,10)/t6-,7-/m0/s1. The predicted octanol–water partition coefficient (Wildman–Crippen LogP) is 0.243. The smallest absolute Gasteiger partial charge is 0.0909 e. The van der Waals surface area contributed by atoms with E-state index in [0.717, 1.165) is 19.3 Å². The van der Waals surface area contributed by atoms with E-state index in [0.29, 0.717) is 17.9 Å². The minimum absolute atomic E-state index is 0.355. The number of hydrogen-bond acceptors (Lipinski definition) is 2. The van der Waals surface area contributed by atoms with Crippen molar-refractivity contribution < 1.29 is 0 Å².